The van der Waals surface area contributed by atoms with Crippen LogP contribution in [0.15, 0.2) is 24.3 Å². The van der Waals surface area contributed by atoms with E-state index in [9.17, 15) is 33.9 Å². The largest absolute Gasteiger partial charge is 0.508 e. The third-order valence-corrected chi connectivity index (χ3v) is 5.01. The minimum atomic E-state index is -1.82. The molecule has 0 saturated heterocycles. The maximum Gasteiger partial charge on any atom is 0.326 e. The number of carboxylic acid groups (broad SMARTS) is 2. The van der Waals surface area contributed by atoms with Crippen LogP contribution in [0.5, 0.6) is 5.75 Å². The predicted octanol–water partition coefficient (Wildman–Crippen LogP) is -2.19. The summed E-state index contributed by atoms with van der Waals surface area (Å²) >= 11 is 0. The van der Waals surface area contributed by atoms with Crippen LogP contribution in [0.1, 0.15) is 32.3 Å². The molecule has 1 aromatic carbocycles. The van der Waals surface area contributed by atoms with E-state index >= 15 is 0 Å². The van der Waals surface area contributed by atoms with Gasteiger partial charge in [-0.15, -0.1) is 0 Å². The van der Waals surface area contributed by atoms with Crippen LogP contribution >= 0.6 is 0 Å². The van der Waals surface area contributed by atoms with Gasteiger partial charge in [0.25, 0.3) is 0 Å². The molecular formula is C22H31N5O9. The molecule has 14 nitrogen and oxygen atoms in total. The van der Waals surface area contributed by atoms with Crippen molar-refractivity contribution < 1.29 is 44.1 Å². The maximum atomic E-state index is 12.9. The molecule has 4 unspecified atom stereocenters. The zero-order chi connectivity index (χ0) is 27.6. The molecular weight excluding hydrogens is 478 g/mol. The molecule has 198 valence electrons. The molecule has 0 spiro atoms. The molecule has 0 aliphatic rings. The number of phenolic OH excluding ortho intramolecular Hbond substituents is 1. The number of carbonyl (C=O) groups is 6. The van der Waals surface area contributed by atoms with Gasteiger partial charge in [0.15, 0.2) is 0 Å². The normalized spacial score (nSPS) is 14.1. The fraction of sp³-hybridized carbons (Fsp3) is 0.455. The van der Waals surface area contributed by atoms with Crippen LogP contribution in [0.3, 0.4) is 0 Å². The lowest BCUT2D eigenvalue weighted by Gasteiger charge is -2.26. The van der Waals surface area contributed by atoms with E-state index in [1.54, 1.807) is 26.0 Å². The number of benzene rings is 1. The van der Waals surface area contributed by atoms with Gasteiger partial charge in [0.2, 0.25) is 23.6 Å². The lowest BCUT2D eigenvalue weighted by molar-refractivity contribution is -0.147. The predicted molar refractivity (Wildman–Crippen MR) is 124 cm³/mol. The fourth-order valence-electron chi connectivity index (χ4n) is 3.09. The van der Waals surface area contributed by atoms with Gasteiger partial charge in [-0.1, -0.05) is 26.0 Å². The van der Waals surface area contributed by atoms with Crippen molar-refractivity contribution in [1.29, 1.82) is 0 Å². The Morgan fingerprint density at radius 2 is 1.39 bits per heavy atom. The number of amides is 4. The van der Waals surface area contributed by atoms with E-state index in [4.69, 9.17) is 21.7 Å². The molecule has 0 bridgehead atoms. The number of nitrogens with one attached hydrogen (secondary N) is 3. The minimum absolute atomic E-state index is 0.0421. The molecule has 0 aliphatic carbocycles. The minimum Gasteiger partial charge on any atom is -0.508 e. The Kier molecular flexibility index (Phi) is 11.3. The van der Waals surface area contributed by atoms with Crippen LogP contribution in [0.2, 0.25) is 0 Å². The van der Waals surface area contributed by atoms with Crippen molar-refractivity contribution in [1.82, 2.24) is 16.0 Å². The number of phenols is 1. The lowest BCUT2D eigenvalue weighted by atomic mass is 10.0. The molecule has 0 saturated carbocycles. The third kappa shape index (κ3) is 9.97. The number of carbonyl (C=O) groups excluding carboxylic acids is 4. The maximum absolute atomic E-state index is 12.9. The number of primary amides is 1. The molecule has 4 atom stereocenters. The van der Waals surface area contributed by atoms with E-state index < -0.39 is 78.5 Å². The Morgan fingerprint density at radius 3 is 1.86 bits per heavy atom. The first-order valence-electron chi connectivity index (χ1n) is 10.9. The lowest BCUT2D eigenvalue weighted by Crippen LogP contribution is -2.59. The molecule has 14 heteroatoms. The number of hydrogen-bond acceptors (Lipinski definition) is 8. The second-order valence-corrected chi connectivity index (χ2v) is 8.44. The fourth-order valence-corrected chi connectivity index (χ4v) is 3.09. The standard InChI is InChI=1S/C22H31N5O9/c1-10(2)18(27-19(32)13(23)7-11-3-5-12(28)6-4-11)21(34)25-14(8-16(24)29)20(33)26-15(22(35)36)9-17(30)31/h3-6,10,13-15,18,28H,7-9,23H2,1-2H3,(H2,24,29)(H,25,34)(H,26,33)(H,27,32)(H,30,31)(H,35,36). The van der Waals surface area contributed by atoms with Crippen molar-refractivity contribution >= 4 is 35.6 Å². The Bertz CT molecular complexity index is 981. The van der Waals surface area contributed by atoms with Crippen molar-refractivity contribution in [3.8, 4) is 5.75 Å². The van der Waals surface area contributed by atoms with Crippen molar-refractivity contribution in [2.24, 2.45) is 17.4 Å². The summed E-state index contributed by atoms with van der Waals surface area (Å²) in [4.78, 5) is 71.6. The first-order valence-corrected chi connectivity index (χ1v) is 10.9. The van der Waals surface area contributed by atoms with Crippen LogP contribution in [-0.2, 0) is 35.2 Å². The highest BCUT2D eigenvalue weighted by molar-refractivity contribution is 5.96. The van der Waals surface area contributed by atoms with Crippen molar-refractivity contribution in [2.45, 2.75) is 57.3 Å². The number of carboxylic acids is 2. The van der Waals surface area contributed by atoms with Crippen molar-refractivity contribution in [2.75, 3.05) is 0 Å². The Balaban J connectivity index is 2.94. The Labute approximate surface area is 206 Å². The summed E-state index contributed by atoms with van der Waals surface area (Å²) in [5.41, 5.74) is 11.7. The van der Waals surface area contributed by atoms with Gasteiger partial charge in [-0.3, -0.25) is 24.0 Å². The smallest absolute Gasteiger partial charge is 0.326 e. The van der Waals surface area contributed by atoms with E-state index in [1.165, 1.54) is 12.1 Å². The highest BCUT2D eigenvalue weighted by Gasteiger charge is 2.33. The summed E-state index contributed by atoms with van der Waals surface area (Å²) in [6.07, 6.45) is -1.55. The van der Waals surface area contributed by atoms with Gasteiger partial charge < -0.3 is 42.7 Å². The van der Waals surface area contributed by atoms with E-state index in [1.807, 2.05) is 5.32 Å². The van der Waals surface area contributed by atoms with Gasteiger partial charge in [-0.2, -0.15) is 0 Å². The highest BCUT2D eigenvalue weighted by Crippen LogP contribution is 2.11. The van der Waals surface area contributed by atoms with Crippen LogP contribution in [0, 0.1) is 5.92 Å². The first kappa shape index (κ1) is 29.8. The summed E-state index contributed by atoms with van der Waals surface area (Å²) in [7, 11) is 0. The van der Waals surface area contributed by atoms with E-state index in [-0.39, 0.29) is 12.2 Å². The van der Waals surface area contributed by atoms with E-state index in [2.05, 4.69) is 10.6 Å². The molecule has 10 N–H and O–H groups in total. The number of aromatic hydroxyl groups is 1. The molecule has 4 amide bonds. The second kappa shape index (κ2) is 13.6. The van der Waals surface area contributed by atoms with Gasteiger partial charge >= 0.3 is 11.9 Å². The SMILES string of the molecule is CC(C)C(NC(=O)C(N)Cc1ccc(O)cc1)C(=O)NC(CC(N)=O)C(=O)NC(CC(=O)O)C(=O)O. The van der Waals surface area contributed by atoms with Gasteiger partial charge in [0, 0.05) is 0 Å². The van der Waals surface area contributed by atoms with Gasteiger partial charge in [-0.25, -0.2) is 4.79 Å². The van der Waals surface area contributed by atoms with Crippen molar-refractivity contribution in [3.05, 3.63) is 29.8 Å². The number of nitrogens with two attached hydrogens (primary N) is 2. The van der Waals surface area contributed by atoms with Gasteiger partial charge in [0.05, 0.1) is 18.9 Å². The summed E-state index contributed by atoms with van der Waals surface area (Å²) in [5, 5.41) is 34.0. The average Bonchev–Trinajstić information content (AvgIpc) is 2.76. The molecule has 0 heterocycles. The zero-order valence-corrected chi connectivity index (χ0v) is 19.8. The molecule has 1 aromatic rings. The molecule has 0 fully saturated rings. The average molecular weight is 510 g/mol. The topological polar surface area (TPSA) is 251 Å². The third-order valence-electron chi connectivity index (χ3n) is 5.01. The van der Waals surface area contributed by atoms with Crippen LogP contribution < -0.4 is 27.4 Å². The summed E-state index contributed by atoms with van der Waals surface area (Å²) in [6.45, 7) is 3.21. The van der Waals surface area contributed by atoms with Crippen LogP contribution in [-0.4, -0.2) is 75.1 Å². The van der Waals surface area contributed by atoms with Crippen molar-refractivity contribution in [3.63, 3.8) is 0 Å². The second-order valence-electron chi connectivity index (χ2n) is 8.44. The molecule has 0 aromatic heterocycles. The van der Waals surface area contributed by atoms with Crippen LogP contribution in [0.25, 0.3) is 0 Å². The van der Waals surface area contributed by atoms with Gasteiger partial charge in [0.1, 0.15) is 23.9 Å². The first-order chi connectivity index (χ1) is 16.7. The van der Waals surface area contributed by atoms with Gasteiger partial charge in [-0.05, 0) is 30.0 Å². The summed E-state index contributed by atoms with van der Waals surface area (Å²) < 4.78 is 0. The molecule has 0 aliphatic heterocycles. The Morgan fingerprint density at radius 1 is 0.833 bits per heavy atom. The summed E-state index contributed by atoms with van der Waals surface area (Å²) in [5.74, 6) is -7.28. The van der Waals surface area contributed by atoms with E-state index in [0.717, 1.165) is 0 Å². The Hall–Kier alpha value is -4.20. The monoisotopic (exact) mass is 509 g/mol. The number of rotatable bonds is 14. The molecule has 1 rings (SSSR count). The van der Waals surface area contributed by atoms with E-state index in [0.29, 0.717) is 5.56 Å². The van der Waals surface area contributed by atoms with Crippen LogP contribution in [0.4, 0.5) is 0 Å². The number of aliphatic carboxylic acids is 2. The highest BCUT2D eigenvalue weighted by atomic mass is 16.4. The quantitative estimate of drug-likeness (QED) is 0.134. The number of hydrogen-bond donors (Lipinski definition) is 8. The summed E-state index contributed by atoms with van der Waals surface area (Å²) in [6, 6.07) is 0.323. The molecule has 36 heavy (non-hydrogen) atoms. The molecule has 0 radical (unpaired) electrons. The zero-order valence-electron chi connectivity index (χ0n) is 19.8.